The molecule has 3 rings (SSSR count). The molecule has 2 aromatic heterocycles. The molecule has 3 aromatic rings. The molecule has 25 heavy (non-hydrogen) atoms. The van der Waals surface area contributed by atoms with Crippen molar-refractivity contribution in [1.29, 1.82) is 0 Å². The van der Waals surface area contributed by atoms with Crippen LogP contribution in [0.5, 0.6) is 11.5 Å². The van der Waals surface area contributed by atoms with Crippen molar-refractivity contribution in [3.05, 3.63) is 57.2 Å². The minimum atomic E-state index is 0.0333. The predicted octanol–water partition coefficient (Wildman–Crippen LogP) is 3.41. The number of hydrogen-bond acceptors (Lipinski definition) is 7. The maximum absolute atomic E-state index is 5.91. The lowest BCUT2D eigenvalue weighted by Gasteiger charge is -2.13. The molecule has 0 radical (unpaired) electrons. The van der Waals surface area contributed by atoms with Gasteiger partial charge in [0.2, 0.25) is 5.89 Å². The van der Waals surface area contributed by atoms with Crippen LogP contribution in [-0.2, 0) is 6.61 Å². The summed E-state index contributed by atoms with van der Waals surface area (Å²) in [6.07, 6.45) is 7.02. The van der Waals surface area contributed by atoms with E-state index < -0.39 is 0 Å². The molecule has 128 valence electrons. The summed E-state index contributed by atoms with van der Waals surface area (Å²) < 4.78 is 17.4. The van der Waals surface area contributed by atoms with Gasteiger partial charge in [-0.15, -0.1) is 5.10 Å². The van der Waals surface area contributed by atoms with Gasteiger partial charge >= 0.3 is 6.01 Å². The number of halogens is 1. The van der Waals surface area contributed by atoms with Gasteiger partial charge in [0.1, 0.15) is 6.61 Å². The lowest BCUT2D eigenvalue weighted by molar-refractivity contribution is 0.282. The van der Waals surface area contributed by atoms with E-state index in [1.54, 1.807) is 25.6 Å². The van der Waals surface area contributed by atoms with Crippen LogP contribution in [-0.4, -0.2) is 22.3 Å². The van der Waals surface area contributed by atoms with Gasteiger partial charge in [-0.25, -0.2) is 0 Å². The van der Waals surface area contributed by atoms with E-state index in [1.165, 1.54) is 0 Å². The van der Waals surface area contributed by atoms with Crippen molar-refractivity contribution < 1.29 is 13.9 Å². The Morgan fingerprint density at radius 3 is 2.84 bits per heavy atom. The highest BCUT2D eigenvalue weighted by atomic mass is 127. The molecule has 0 amide bonds. The average molecular weight is 450 g/mol. The van der Waals surface area contributed by atoms with Crippen molar-refractivity contribution in [2.75, 3.05) is 12.8 Å². The van der Waals surface area contributed by atoms with Gasteiger partial charge in [-0.2, -0.15) is 0 Å². The molecule has 0 atom stereocenters. The van der Waals surface area contributed by atoms with Crippen LogP contribution in [0.2, 0.25) is 0 Å². The summed E-state index contributed by atoms with van der Waals surface area (Å²) in [5, 5.41) is 7.39. The molecule has 1 aromatic carbocycles. The van der Waals surface area contributed by atoms with Gasteiger partial charge in [0.05, 0.1) is 10.7 Å². The molecular weight excluding hydrogens is 435 g/mol. The Bertz CT molecular complexity index is 881. The molecular formula is C17H15IN4O3. The average Bonchev–Trinajstić information content (AvgIpc) is 3.05. The summed E-state index contributed by atoms with van der Waals surface area (Å²) in [5.41, 5.74) is 7.30. The Balaban J connectivity index is 1.79. The van der Waals surface area contributed by atoms with Gasteiger partial charge < -0.3 is 19.6 Å². The summed E-state index contributed by atoms with van der Waals surface area (Å²) in [6.45, 7) is 0.413. The highest BCUT2D eigenvalue weighted by Crippen LogP contribution is 2.35. The lowest BCUT2D eigenvalue weighted by atomic mass is 10.2. The van der Waals surface area contributed by atoms with Crippen molar-refractivity contribution in [1.82, 2.24) is 15.2 Å². The Labute approximate surface area is 158 Å². The van der Waals surface area contributed by atoms with Gasteiger partial charge in [-0.1, -0.05) is 11.2 Å². The molecule has 2 heterocycles. The van der Waals surface area contributed by atoms with Crippen molar-refractivity contribution in [3.63, 3.8) is 0 Å². The first-order chi connectivity index (χ1) is 12.2. The lowest BCUT2D eigenvalue weighted by Crippen LogP contribution is -2.00. The summed E-state index contributed by atoms with van der Waals surface area (Å²) in [7, 11) is 1.61. The molecule has 0 fully saturated rings. The monoisotopic (exact) mass is 450 g/mol. The summed E-state index contributed by atoms with van der Waals surface area (Å²) in [5.74, 6) is 1.66. The van der Waals surface area contributed by atoms with E-state index in [9.17, 15) is 0 Å². The third-order valence-corrected chi connectivity index (χ3v) is 4.03. The highest BCUT2D eigenvalue weighted by molar-refractivity contribution is 14.1. The van der Waals surface area contributed by atoms with E-state index in [4.69, 9.17) is 19.6 Å². The number of nitrogen functional groups attached to an aromatic ring is 1. The predicted molar refractivity (Wildman–Crippen MR) is 102 cm³/mol. The van der Waals surface area contributed by atoms with Crippen molar-refractivity contribution in [3.8, 4) is 11.5 Å². The minimum Gasteiger partial charge on any atom is -0.493 e. The number of nitrogens with zero attached hydrogens (tertiary/aromatic N) is 3. The molecule has 0 saturated heterocycles. The van der Waals surface area contributed by atoms with Crippen molar-refractivity contribution in [2.45, 2.75) is 6.61 Å². The molecule has 0 aliphatic carbocycles. The standard InChI is InChI=1S/C17H15IN4O3/c1-23-14-8-11(4-5-15-21-22-17(19)25-15)7-13(18)16(14)24-10-12-3-2-6-20-9-12/h2-9H,10H2,1H3,(H2,19,22)/b5-4+. The largest absolute Gasteiger partial charge is 0.493 e. The topological polar surface area (TPSA) is 96.3 Å². The number of rotatable bonds is 6. The van der Waals surface area contributed by atoms with E-state index >= 15 is 0 Å². The molecule has 0 aliphatic rings. The summed E-state index contributed by atoms with van der Waals surface area (Å²) in [6, 6.07) is 7.71. The third-order valence-electron chi connectivity index (χ3n) is 3.23. The smallest absolute Gasteiger partial charge is 0.313 e. The second-order valence-electron chi connectivity index (χ2n) is 5.00. The number of aromatic nitrogens is 3. The fourth-order valence-corrected chi connectivity index (χ4v) is 2.88. The van der Waals surface area contributed by atoms with Crippen LogP contribution < -0.4 is 15.2 Å². The second-order valence-corrected chi connectivity index (χ2v) is 6.16. The van der Waals surface area contributed by atoms with Gasteiger partial charge in [0.25, 0.3) is 0 Å². The van der Waals surface area contributed by atoms with E-state index in [0.717, 1.165) is 14.7 Å². The molecule has 7 nitrogen and oxygen atoms in total. The maximum atomic E-state index is 5.91. The molecule has 0 saturated carbocycles. The van der Waals surface area contributed by atoms with Crippen molar-refractivity contribution in [2.24, 2.45) is 0 Å². The van der Waals surface area contributed by atoms with Crippen LogP contribution in [0.15, 0.2) is 41.1 Å². The van der Waals surface area contributed by atoms with Crippen LogP contribution >= 0.6 is 22.6 Å². The van der Waals surface area contributed by atoms with E-state index in [1.807, 2.05) is 30.3 Å². The highest BCUT2D eigenvalue weighted by Gasteiger charge is 2.11. The van der Waals surface area contributed by atoms with Crippen LogP contribution in [0, 0.1) is 3.57 Å². The van der Waals surface area contributed by atoms with Crippen molar-refractivity contribution >= 4 is 40.8 Å². The van der Waals surface area contributed by atoms with Crippen LogP contribution in [0.1, 0.15) is 17.0 Å². The Hall–Kier alpha value is -2.62. The first-order valence-electron chi connectivity index (χ1n) is 7.32. The third kappa shape index (κ3) is 4.47. The Kier molecular flexibility index (Phi) is 5.49. The zero-order valence-electron chi connectivity index (χ0n) is 13.3. The Morgan fingerprint density at radius 2 is 2.16 bits per heavy atom. The first kappa shape index (κ1) is 17.2. The first-order valence-corrected chi connectivity index (χ1v) is 8.40. The summed E-state index contributed by atoms with van der Waals surface area (Å²) in [4.78, 5) is 4.08. The van der Waals surface area contributed by atoms with Crippen LogP contribution in [0.4, 0.5) is 6.01 Å². The number of ether oxygens (including phenoxy) is 2. The molecule has 2 N–H and O–H groups in total. The molecule has 0 bridgehead atoms. The number of methoxy groups -OCH3 is 1. The number of benzene rings is 1. The zero-order chi connectivity index (χ0) is 17.6. The fraction of sp³-hybridized carbons (Fsp3) is 0.118. The number of hydrogen-bond donors (Lipinski definition) is 1. The Morgan fingerprint density at radius 1 is 1.28 bits per heavy atom. The SMILES string of the molecule is COc1cc(/C=C/c2nnc(N)o2)cc(I)c1OCc1cccnc1. The van der Waals surface area contributed by atoms with Crippen LogP contribution in [0.3, 0.4) is 0 Å². The van der Waals surface area contributed by atoms with E-state index in [-0.39, 0.29) is 6.01 Å². The van der Waals surface area contributed by atoms with E-state index in [0.29, 0.717) is 24.0 Å². The second kappa shape index (κ2) is 7.97. The quantitative estimate of drug-likeness (QED) is 0.575. The van der Waals surface area contributed by atoms with E-state index in [2.05, 4.69) is 37.8 Å². The molecule has 0 spiro atoms. The molecule has 8 heteroatoms. The summed E-state index contributed by atoms with van der Waals surface area (Å²) >= 11 is 2.21. The minimum absolute atomic E-state index is 0.0333. The molecule has 0 unspecified atom stereocenters. The van der Waals surface area contributed by atoms with Gasteiger partial charge in [-0.05, 0) is 52.4 Å². The van der Waals surface area contributed by atoms with Gasteiger partial charge in [0.15, 0.2) is 11.5 Å². The molecule has 0 aliphatic heterocycles. The number of anilines is 1. The zero-order valence-corrected chi connectivity index (χ0v) is 15.5. The maximum Gasteiger partial charge on any atom is 0.313 e. The van der Waals surface area contributed by atoms with Crippen LogP contribution in [0.25, 0.3) is 12.2 Å². The van der Waals surface area contributed by atoms with Gasteiger partial charge in [-0.3, -0.25) is 4.98 Å². The number of pyridine rings is 1. The number of nitrogens with two attached hydrogens (primary N) is 1. The fourth-order valence-electron chi connectivity index (χ4n) is 2.10. The normalized spacial score (nSPS) is 11.0. The van der Waals surface area contributed by atoms with Gasteiger partial charge in [0, 0.05) is 24.0 Å².